The van der Waals surface area contributed by atoms with E-state index in [2.05, 4.69) is 54.6 Å². The largest absolute Gasteiger partial charge is 0.198 e. The average Bonchev–Trinajstić information content (AvgIpc) is 2.54. The number of nitriles is 1. The number of rotatable bonds is 8. The molecule has 1 atom stereocenters. The van der Waals surface area contributed by atoms with Crippen molar-refractivity contribution in [2.24, 2.45) is 0 Å². The van der Waals surface area contributed by atoms with Crippen LogP contribution in [0.5, 0.6) is 0 Å². The van der Waals surface area contributed by atoms with Crippen LogP contribution in [0.1, 0.15) is 17.5 Å². The molecule has 21 heavy (non-hydrogen) atoms. The summed E-state index contributed by atoms with van der Waals surface area (Å²) in [4.78, 5) is 0. The fourth-order valence-corrected chi connectivity index (χ4v) is 4.35. The number of hydrogen-bond acceptors (Lipinski definition) is 3. The minimum Gasteiger partial charge on any atom is -0.198 e. The maximum Gasteiger partial charge on any atom is 0.0633 e. The Morgan fingerprint density at radius 2 is 1.43 bits per heavy atom. The number of hydrogen-bond donors (Lipinski definition) is 0. The van der Waals surface area contributed by atoms with E-state index in [1.54, 1.807) is 0 Å². The van der Waals surface area contributed by atoms with Crippen LogP contribution in [0.15, 0.2) is 60.7 Å². The van der Waals surface area contributed by atoms with Crippen molar-refractivity contribution in [3.63, 3.8) is 0 Å². The van der Waals surface area contributed by atoms with E-state index in [0.29, 0.717) is 11.7 Å². The monoisotopic (exact) mass is 313 g/mol. The quantitative estimate of drug-likeness (QED) is 0.674. The van der Waals surface area contributed by atoms with Crippen molar-refractivity contribution in [1.29, 1.82) is 5.26 Å². The molecule has 1 nitrogen and oxygen atoms in total. The molecule has 0 aliphatic rings. The van der Waals surface area contributed by atoms with Crippen LogP contribution in [0.25, 0.3) is 0 Å². The first-order valence-electron chi connectivity index (χ1n) is 7.02. The SMILES string of the molecule is N#CCC(CSCc1ccccc1)SCc1ccccc1. The minimum atomic E-state index is 0.406. The first-order valence-corrected chi connectivity index (χ1v) is 9.23. The molecule has 0 N–H and O–H groups in total. The third-order valence-electron chi connectivity index (χ3n) is 3.06. The molecule has 2 aromatic rings. The minimum absolute atomic E-state index is 0.406. The molecule has 0 radical (unpaired) electrons. The summed E-state index contributed by atoms with van der Waals surface area (Å²) in [6, 6.07) is 23.3. The predicted octanol–water partition coefficient (Wildman–Crippen LogP) is 5.14. The molecule has 2 rings (SSSR count). The third kappa shape index (κ3) is 6.29. The highest BCUT2D eigenvalue weighted by Crippen LogP contribution is 2.25. The van der Waals surface area contributed by atoms with Gasteiger partial charge in [0.2, 0.25) is 0 Å². The molecular weight excluding hydrogens is 294 g/mol. The lowest BCUT2D eigenvalue weighted by molar-refractivity contribution is 1.00. The van der Waals surface area contributed by atoms with Gasteiger partial charge in [0.15, 0.2) is 0 Å². The summed E-state index contributed by atoms with van der Waals surface area (Å²) in [6.45, 7) is 0. The standard InChI is InChI=1S/C18H19NS2/c19-12-11-18(21-14-17-9-5-2-6-10-17)15-20-13-16-7-3-1-4-8-16/h1-10,18H,11,13-15H2. The Hall–Kier alpha value is -1.37. The number of thioether (sulfide) groups is 2. The summed E-state index contributed by atoms with van der Waals surface area (Å²) in [6.07, 6.45) is 0.624. The predicted molar refractivity (Wildman–Crippen MR) is 94.4 cm³/mol. The molecule has 0 aliphatic carbocycles. The van der Waals surface area contributed by atoms with Crippen molar-refractivity contribution in [3.8, 4) is 6.07 Å². The van der Waals surface area contributed by atoms with Gasteiger partial charge in [-0.3, -0.25) is 0 Å². The normalized spacial score (nSPS) is 11.8. The lowest BCUT2D eigenvalue weighted by Gasteiger charge is -2.13. The zero-order valence-electron chi connectivity index (χ0n) is 11.9. The van der Waals surface area contributed by atoms with Crippen molar-refractivity contribution in [2.75, 3.05) is 5.75 Å². The van der Waals surface area contributed by atoms with Crippen LogP contribution in [-0.2, 0) is 11.5 Å². The van der Waals surface area contributed by atoms with Gasteiger partial charge in [0.1, 0.15) is 0 Å². The fourth-order valence-electron chi connectivity index (χ4n) is 1.94. The molecule has 0 saturated heterocycles. The second kappa shape index (κ2) is 9.55. The van der Waals surface area contributed by atoms with E-state index < -0.39 is 0 Å². The van der Waals surface area contributed by atoms with Crippen molar-refractivity contribution < 1.29 is 0 Å². The second-order valence-electron chi connectivity index (χ2n) is 4.78. The van der Waals surface area contributed by atoms with E-state index in [-0.39, 0.29) is 0 Å². The zero-order chi connectivity index (χ0) is 14.8. The highest BCUT2D eigenvalue weighted by Gasteiger charge is 2.09. The molecule has 0 heterocycles. The van der Waals surface area contributed by atoms with Crippen molar-refractivity contribution in [1.82, 2.24) is 0 Å². The second-order valence-corrected chi connectivity index (χ2v) is 7.10. The Balaban J connectivity index is 1.75. The number of nitrogens with zero attached hydrogens (tertiary/aromatic N) is 1. The van der Waals surface area contributed by atoms with Gasteiger partial charge in [-0.25, -0.2) is 0 Å². The molecule has 0 bridgehead atoms. The van der Waals surface area contributed by atoms with Crippen molar-refractivity contribution in [2.45, 2.75) is 23.2 Å². The summed E-state index contributed by atoms with van der Waals surface area (Å²) in [5, 5.41) is 9.38. The first kappa shape index (κ1) is 16.0. The topological polar surface area (TPSA) is 23.8 Å². The van der Waals surface area contributed by atoms with Gasteiger partial charge in [0, 0.05) is 28.9 Å². The lowest BCUT2D eigenvalue weighted by Crippen LogP contribution is -2.06. The van der Waals surface area contributed by atoms with Crippen LogP contribution < -0.4 is 0 Å². The summed E-state index contributed by atoms with van der Waals surface area (Å²) in [7, 11) is 0. The van der Waals surface area contributed by atoms with Crippen molar-refractivity contribution >= 4 is 23.5 Å². The highest BCUT2D eigenvalue weighted by molar-refractivity contribution is 8.02. The van der Waals surface area contributed by atoms with Gasteiger partial charge in [0.05, 0.1) is 6.07 Å². The van der Waals surface area contributed by atoms with E-state index in [9.17, 15) is 0 Å². The molecule has 1 unspecified atom stereocenters. The van der Waals surface area contributed by atoms with Crippen LogP contribution in [0.3, 0.4) is 0 Å². The Kier molecular flexibility index (Phi) is 7.28. The van der Waals surface area contributed by atoms with Gasteiger partial charge in [-0.05, 0) is 11.1 Å². The van der Waals surface area contributed by atoms with Crippen LogP contribution in [0.2, 0.25) is 0 Å². The Morgan fingerprint density at radius 1 is 0.857 bits per heavy atom. The van der Waals surface area contributed by atoms with E-state index in [4.69, 9.17) is 5.26 Å². The molecule has 108 valence electrons. The van der Waals surface area contributed by atoms with Crippen molar-refractivity contribution in [3.05, 3.63) is 71.8 Å². The van der Waals surface area contributed by atoms with Crippen LogP contribution in [0, 0.1) is 11.3 Å². The van der Waals surface area contributed by atoms with Gasteiger partial charge in [0.25, 0.3) is 0 Å². The maximum absolute atomic E-state index is 8.98. The van der Waals surface area contributed by atoms with E-state index in [1.165, 1.54) is 11.1 Å². The van der Waals surface area contributed by atoms with E-state index in [0.717, 1.165) is 17.3 Å². The summed E-state index contributed by atoms with van der Waals surface area (Å²) >= 11 is 3.81. The Labute approximate surface area is 135 Å². The van der Waals surface area contributed by atoms with Gasteiger partial charge >= 0.3 is 0 Å². The fraction of sp³-hybridized carbons (Fsp3) is 0.278. The number of benzene rings is 2. The van der Waals surface area contributed by atoms with Crippen LogP contribution >= 0.6 is 23.5 Å². The molecular formula is C18H19NS2. The van der Waals surface area contributed by atoms with E-state index >= 15 is 0 Å². The molecule has 0 aromatic heterocycles. The Bertz CT molecular complexity index is 548. The molecule has 0 amide bonds. The zero-order valence-corrected chi connectivity index (χ0v) is 13.6. The summed E-state index contributed by atoms with van der Waals surface area (Å²) in [5.41, 5.74) is 2.68. The molecule has 0 spiro atoms. The molecule has 0 fully saturated rings. The van der Waals surface area contributed by atoms with Crippen LogP contribution in [-0.4, -0.2) is 11.0 Å². The van der Waals surface area contributed by atoms with Gasteiger partial charge in [-0.1, -0.05) is 60.7 Å². The molecule has 0 aliphatic heterocycles. The lowest BCUT2D eigenvalue weighted by atomic mass is 10.2. The van der Waals surface area contributed by atoms with E-state index in [1.807, 2.05) is 35.7 Å². The van der Waals surface area contributed by atoms with Gasteiger partial charge < -0.3 is 0 Å². The molecule has 3 heteroatoms. The average molecular weight is 313 g/mol. The third-order valence-corrected chi connectivity index (χ3v) is 5.75. The van der Waals surface area contributed by atoms with Crippen LogP contribution in [0.4, 0.5) is 0 Å². The Morgan fingerprint density at radius 3 is 2.00 bits per heavy atom. The maximum atomic E-state index is 8.98. The molecule has 2 aromatic carbocycles. The summed E-state index contributed by atoms with van der Waals surface area (Å²) < 4.78 is 0. The smallest absolute Gasteiger partial charge is 0.0633 e. The van der Waals surface area contributed by atoms with Gasteiger partial charge in [-0.2, -0.15) is 28.8 Å². The molecule has 0 saturated carbocycles. The highest BCUT2D eigenvalue weighted by atomic mass is 32.2. The summed E-state index contributed by atoms with van der Waals surface area (Å²) in [5.74, 6) is 3.04. The first-order chi connectivity index (χ1) is 10.4. The van der Waals surface area contributed by atoms with Gasteiger partial charge in [-0.15, -0.1) is 0 Å².